The number of pyridine rings is 1. The summed E-state index contributed by atoms with van der Waals surface area (Å²) in [7, 11) is 0.379. The van der Waals surface area contributed by atoms with Gasteiger partial charge in [0, 0.05) is 31.4 Å². The van der Waals surface area contributed by atoms with E-state index in [1.165, 1.54) is 16.1 Å². The van der Waals surface area contributed by atoms with Gasteiger partial charge in [-0.1, -0.05) is 0 Å². The summed E-state index contributed by atoms with van der Waals surface area (Å²) in [5, 5.41) is 0. The molecule has 7 heteroatoms. The van der Waals surface area contributed by atoms with E-state index < -0.39 is 10.0 Å². The van der Waals surface area contributed by atoms with Gasteiger partial charge in [-0.25, -0.2) is 8.42 Å². The van der Waals surface area contributed by atoms with E-state index in [0.29, 0.717) is 18.3 Å². The maximum Gasteiger partial charge on any atom is 0.211 e. The average Bonchev–Trinajstić information content (AvgIpc) is 2.93. The molecule has 0 aliphatic rings. The molecule has 2 rings (SSSR count). The molecule has 0 radical (unpaired) electrons. The Labute approximate surface area is 150 Å². The van der Waals surface area contributed by atoms with Gasteiger partial charge < -0.3 is 4.42 Å². The molecule has 0 amide bonds. The Bertz CT molecular complexity index is 801. The van der Waals surface area contributed by atoms with E-state index in [1.807, 2.05) is 31.4 Å². The molecular formula is C18H27N3O3S. The predicted molar refractivity (Wildman–Crippen MR) is 98.6 cm³/mol. The monoisotopic (exact) mass is 365 g/mol. The molecule has 138 valence electrons. The van der Waals surface area contributed by atoms with Crippen LogP contribution >= 0.6 is 0 Å². The van der Waals surface area contributed by atoms with Crippen LogP contribution in [0.2, 0.25) is 0 Å². The Morgan fingerprint density at radius 2 is 1.80 bits per heavy atom. The molecule has 2 aromatic rings. The number of nitrogens with zero attached hydrogens (tertiary/aromatic N) is 3. The zero-order valence-corrected chi connectivity index (χ0v) is 16.4. The van der Waals surface area contributed by atoms with Gasteiger partial charge in [-0.15, -0.1) is 0 Å². The second kappa shape index (κ2) is 8.12. The number of hydrogen-bond donors (Lipinski definition) is 0. The third-order valence-corrected chi connectivity index (χ3v) is 5.56. The first-order valence-electron chi connectivity index (χ1n) is 8.26. The molecule has 0 spiro atoms. The second-order valence-electron chi connectivity index (χ2n) is 6.68. The molecule has 0 fully saturated rings. The number of furan rings is 1. The molecule has 1 atom stereocenters. The smallest absolute Gasteiger partial charge is 0.211 e. The highest BCUT2D eigenvalue weighted by molar-refractivity contribution is 7.88. The van der Waals surface area contributed by atoms with Crippen LogP contribution in [0.3, 0.4) is 0 Å². The van der Waals surface area contributed by atoms with E-state index in [1.54, 1.807) is 7.05 Å². The number of sulfonamides is 1. The lowest BCUT2D eigenvalue weighted by Gasteiger charge is -2.23. The largest absolute Gasteiger partial charge is 0.463 e. The summed E-state index contributed by atoms with van der Waals surface area (Å²) in [6.07, 6.45) is 3.89. The van der Waals surface area contributed by atoms with Crippen molar-refractivity contribution in [2.45, 2.75) is 39.4 Å². The Balaban J connectivity index is 1.93. The number of aromatic nitrogens is 1. The average molecular weight is 365 g/mol. The first kappa shape index (κ1) is 19.6. The molecule has 2 heterocycles. The molecule has 0 bridgehead atoms. The third kappa shape index (κ3) is 5.95. The molecule has 2 aromatic heterocycles. The number of hydrogen-bond acceptors (Lipinski definition) is 5. The molecule has 0 aliphatic carbocycles. The molecule has 25 heavy (non-hydrogen) atoms. The van der Waals surface area contributed by atoms with Crippen LogP contribution in [0.5, 0.6) is 0 Å². The van der Waals surface area contributed by atoms with E-state index in [4.69, 9.17) is 4.42 Å². The zero-order valence-electron chi connectivity index (χ0n) is 15.6. The van der Waals surface area contributed by atoms with Crippen LogP contribution in [0.25, 0.3) is 0 Å². The molecule has 0 unspecified atom stereocenters. The third-order valence-electron chi connectivity index (χ3n) is 4.30. The van der Waals surface area contributed by atoms with Crippen LogP contribution in [-0.4, -0.2) is 49.0 Å². The highest BCUT2D eigenvalue weighted by atomic mass is 32.2. The first-order chi connectivity index (χ1) is 11.6. The molecule has 6 nitrogen and oxygen atoms in total. The van der Waals surface area contributed by atoms with Crippen molar-refractivity contribution in [3.05, 3.63) is 53.2 Å². The predicted octanol–water partition coefficient (Wildman–Crippen LogP) is 2.44. The second-order valence-corrected chi connectivity index (χ2v) is 8.77. The molecule has 0 saturated heterocycles. The SMILES string of the molecule is Cc1ccnc(C[C@H](C)N(C)Cc2ccc(CN(C)S(C)(=O)=O)o2)c1. The van der Waals surface area contributed by atoms with Crippen LogP contribution in [0.4, 0.5) is 0 Å². The Kier molecular flexibility index (Phi) is 6.37. The summed E-state index contributed by atoms with van der Waals surface area (Å²) >= 11 is 0. The van der Waals surface area contributed by atoms with Crippen LogP contribution in [-0.2, 0) is 29.5 Å². The molecule has 0 N–H and O–H groups in total. The van der Waals surface area contributed by atoms with Gasteiger partial charge in [-0.2, -0.15) is 4.31 Å². The molecule has 0 aromatic carbocycles. The minimum Gasteiger partial charge on any atom is -0.463 e. The van der Waals surface area contributed by atoms with Crippen molar-refractivity contribution >= 4 is 10.0 Å². The standard InChI is InChI=1S/C18H27N3O3S/c1-14-8-9-19-16(10-14)11-15(2)20(3)12-17-6-7-18(24-17)13-21(4)25(5,22)23/h6-10,15H,11-13H2,1-5H3/t15-/m0/s1. The highest BCUT2D eigenvalue weighted by Crippen LogP contribution is 2.15. The lowest BCUT2D eigenvalue weighted by molar-refractivity contribution is 0.224. The van der Waals surface area contributed by atoms with Gasteiger partial charge >= 0.3 is 0 Å². The molecule has 0 aliphatic heterocycles. The van der Waals surface area contributed by atoms with Gasteiger partial charge in [0.15, 0.2) is 0 Å². The van der Waals surface area contributed by atoms with Crippen LogP contribution in [0.1, 0.15) is 29.7 Å². The summed E-state index contributed by atoms with van der Waals surface area (Å²) in [5.74, 6) is 1.47. The Hall–Kier alpha value is -1.70. The van der Waals surface area contributed by atoms with E-state index in [0.717, 1.165) is 17.9 Å². The molecule has 0 saturated carbocycles. The lowest BCUT2D eigenvalue weighted by Crippen LogP contribution is -2.30. The van der Waals surface area contributed by atoms with Crippen molar-refractivity contribution in [1.29, 1.82) is 0 Å². The van der Waals surface area contributed by atoms with Crippen LogP contribution in [0, 0.1) is 6.92 Å². The number of rotatable bonds is 8. The topological polar surface area (TPSA) is 66.7 Å². The summed E-state index contributed by atoms with van der Waals surface area (Å²) in [6.45, 7) is 5.13. The number of likely N-dealkylation sites (N-methyl/N-ethyl adjacent to an activating group) is 1. The van der Waals surface area contributed by atoms with Gasteiger partial charge in [0.2, 0.25) is 10.0 Å². The summed E-state index contributed by atoms with van der Waals surface area (Å²) in [5.41, 5.74) is 2.29. The number of aryl methyl sites for hydroxylation is 1. The van der Waals surface area contributed by atoms with Crippen molar-refractivity contribution in [1.82, 2.24) is 14.2 Å². The normalized spacial score (nSPS) is 13.6. The zero-order chi connectivity index (χ0) is 18.6. The first-order valence-corrected chi connectivity index (χ1v) is 10.1. The van der Waals surface area contributed by atoms with Gasteiger partial charge in [-0.3, -0.25) is 9.88 Å². The van der Waals surface area contributed by atoms with Crippen molar-refractivity contribution in [2.75, 3.05) is 20.4 Å². The Morgan fingerprint density at radius 1 is 1.16 bits per heavy atom. The van der Waals surface area contributed by atoms with Gasteiger partial charge in [0.25, 0.3) is 0 Å². The van der Waals surface area contributed by atoms with Gasteiger partial charge in [-0.05, 0) is 50.7 Å². The van der Waals surface area contributed by atoms with Crippen molar-refractivity contribution < 1.29 is 12.8 Å². The fraction of sp³-hybridized carbons (Fsp3) is 0.500. The maximum absolute atomic E-state index is 11.5. The lowest BCUT2D eigenvalue weighted by atomic mass is 10.1. The summed E-state index contributed by atoms with van der Waals surface area (Å²) < 4.78 is 30.0. The highest BCUT2D eigenvalue weighted by Gasteiger charge is 2.16. The minimum absolute atomic E-state index is 0.241. The van der Waals surface area contributed by atoms with Gasteiger partial charge in [0.05, 0.1) is 19.3 Å². The van der Waals surface area contributed by atoms with Crippen LogP contribution < -0.4 is 0 Å². The maximum atomic E-state index is 11.5. The summed E-state index contributed by atoms with van der Waals surface area (Å²) in [4.78, 5) is 6.62. The van der Waals surface area contributed by atoms with E-state index >= 15 is 0 Å². The quantitative estimate of drug-likeness (QED) is 0.719. The van der Waals surface area contributed by atoms with Crippen LogP contribution in [0.15, 0.2) is 34.9 Å². The van der Waals surface area contributed by atoms with Gasteiger partial charge in [0.1, 0.15) is 11.5 Å². The van der Waals surface area contributed by atoms with E-state index in [2.05, 4.69) is 29.8 Å². The van der Waals surface area contributed by atoms with Crippen molar-refractivity contribution in [3.8, 4) is 0 Å². The fourth-order valence-electron chi connectivity index (χ4n) is 2.50. The van der Waals surface area contributed by atoms with E-state index in [-0.39, 0.29) is 6.54 Å². The Morgan fingerprint density at radius 3 is 2.40 bits per heavy atom. The van der Waals surface area contributed by atoms with Crippen molar-refractivity contribution in [3.63, 3.8) is 0 Å². The summed E-state index contributed by atoms with van der Waals surface area (Å²) in [6, 6.07) is 8.14. The fourth-order valence-corrected chi connectivity index (χ4v) is 2.86. The molecular weight excluding hydrogens is 338 g/mol. The van der Waals surface area contributed by atoms with E-state index in [9.17, 15) is 8.42 Å². The van der Waals surface area contributed by atoms with Crippen molar-refractivity contribution in [2.24, 2.45) is 0 Å². The minimum atomic E-state index is -3.21.